The molecular weight excluding hydrogens is 544 g/mol. The van der Waals surface area contributed by atoms with E-state index in [1.807, 2.05) is 0 Å². The summed E-state index contributed by atoms with van der Waals surface area (Å²) in [7, 11) is 0. The Bertz CT molecular complexity index is 517. The van der Waals surface area contributed by atoms with Crippen LogP contribution in [-0.2, 0) is 9.59 Å². The van der Waals surface area contributed by atoms with Crippen molar-refractivity contribution in [1.82, 2.24) is 0 Å². The van der Waals surface area contributed by atoms with E-state index in [2.05, 4.69) is 13.8 Å². The predicted molar refractivity (Wildman–Crippen MR) is 174 cm³/mol. The minimum absolute atomic E-state index is 0.728. The number of aliphatic hydroxyl groups excluding tert-OH is 1. The molecule has 0 aromatic carbocycles. The van der Waals surface area contributed by atoms with Crippen molar-refractivity contribution >= 4 is 35.5 Å². The highest BCUT2D eigenvalue weighted by molar-refractivity contribution is 8.19. The first-order valence-corrected chi connectivity index (χ1v) is 18.4. The number of hydrogen-bond acceptors (Lipinski definition) is 6. The first-order valence-electron chi connectivity index (χ1n) is 16.4. The molecule has 0 rings (SSSR count). The number of carbonyl (C=O) groups is 2. The van der Waals surface area contributed by atoms with Crippen LogP contribution in [0, 0.1) is 0 Å². The van der Waals surface area contributed by atoms with Gasteiger partial charge in [-0.25, -0.2) is 9.59 Å². The average Bonchev–Trinajstić information content (AvgIpc) is 2.94. The number of carboxylic acids is 2. The molecule has 0 radical (unpaired) electrons. The fourth-order valence-electron chi connectivity index (χ4n) is 4.47. The van der Waals surface area contributed by atoms with Gasteiger partial charge in [-0.05, 0) is 24.3 Å². The van der Waals surface area contributed by atoms with Crippen LogP contribution in [0.15, 0.2) is 0 Å². The molecule has 0 atom stereocenters. The van der Waals surface area contributed by atoms with Gasteiger partial charge in [0.25, 0.3) is 4.27 Å². The molecule has 0 bridgehead atoms. The van der Waals surface area contributed by atoms with Gasteiger partial charge in [0.05, 0.1) is 0 Å². The summed E-state index contributed by atoms with van der Waals surface area (Å²) < 4.78 is -1.67. The highest BCUT2D eigenvalue weighted by atomic mass is 32.2. The first kappa shape index (κ1) is 41.7. The summed E-state index contributed by atoms with van der Waals surface area (Å²) in [4.78, 5) is 20.7. The molecule has 240 valence electrons. The summed E-state index contributed by atoms with van der Waals surface area (Å²) in [6, 6.07) is 0. The van der Waals surface area contributed by atoms with Gasteiger partial charge in [0.1, 0.15) is 6.61 Å². The summed E-state index contributed by atoms with van der Waals surface area (Å²) in [6.45, 7) is 3.75. The molecule has 4 N–H and O–H groups in total. The van der Waals surface area contributed by atoms with E-state index in [-0.39, 0.29) is 0 Å². The minimum Gasteiger partial charge on any atom is -0.480 e. The van der Waals surface area contributed by atoms with Gasteiger partial charge in [-0.15, -0.1) is 23.5 Å². The Balaban J connectivity index is 0. The van der Waals surface area contributed by atoms with Crippen LogP contribution in [0.2, 0.25) is 0 Å². The van der Waals surface area contributed by atoms with Gasteiger partial charge in [0.2, 0.25) is 0 Å². The normalized spacial score (nSPS) is 11.3. The maximum absolute atomic E-state index is 11.6. The third-order valence-electron chi connectivity index (χ3n) is 7.00. The molecule has 0 fully saturated rings. The number of hydrogen-bond donors (Lipinski definition) is 4. The lowest BCUT2D eigenvalue weighted by molar-refractivity contribution is -0.144. The largest absolute Gasteiger partial charge is 0.480 e. The molecule has 0 aromatic heterocycles. The van der Waals surface area contributed by atoms with Crippen LogP contribution in [-0.4, -0.2) is 54.7 Å². The maximum Gasteiger partial charge on any atom is 0.357 e. The molecule has 0 saturated carbocycles. The van der Waals surface area contributed by atoms with E-state index in [0.29, 0.717) is 0 Å². The Morgan fingerprint density at radius 1 is 0.500 bits per heavy atom. The van der Waals surface area contributed by atoms with Crippen LogP contribution in [0.4, 0.5) is 0 Å². The fourth-order valence-corrected chi connectivity index (χ4v) is 6.80. The van der Waals surface area contributed by atoms with Crippen molar-refractivity contribution in [3.8, 4) is 0 Å². The van der Waals surface area contributed by atoms with Crippen LogP contribution < -0.4 is 0 Å². The molecular formula is C32H64O6S2. The molecule has 0 heterocycles. The number of carboxylic acid groups (broad SMARTS) is 2. The quantitative estimate of drug-likeness (QED) is 0.0470. The molecule has 0 unspecified atom stereocenters. The van der Waals surface area contributed by atoms with Crippen LogP contribution >= 0.6 is 23.5 Å². The van der Waals surface area contributed by atoms with Crippen molar-refractivity contribution in [3.05, 3.63) is 0 Å². The Kier molecular flexibility index (Phi) is 34.5. The second-order valence-electron chi connectivity index (χ2n) is 10.9. The molecule has 0 amide bonds. The Labute approximate surface area is 255 Å². The van der Waals surface area contributed by atoms with E-state index >= 15 is 0 Å². The third kappa shape index (κ3) is 32.1. The lowest BCUT2D eigenvalue weighted by Crippen LogP contribution is -2.31. The van der Waals surface area contributed by atoms with E-state index in [9.17, 15) is 15.0 Å². The standard InChI is InChI=1S/C30H60O3S2.C2H4O3/c1-3-5-7-9-11-13-15-17-19-21-23-25-27-34-30(33,29(31)32)35-28-26-24-22-20-18-16-14-12-10-8-6-4-2;3-1-2(4)5/h33H,3-28H2,1-2H3,(H,31,32);3H,1H2,(H,4,5). The van der Waals surface area contributed by atoms with E-state index in [0.717, 1.165) is 37.2 Å². The summed E-state index contributed by atoms with van der Waals surface area (Å²) in [5.41, 5.74) is 0. The van der Waals surface area contributed by atoms with Crippen molar-refractivity contribution in [1.29, 1.82) is 0 Å². The number of unbranched alkanes of at least 4 members (excludes halogenated alkanes) is 22. The zero-order chi connectivity index (χ0) is 30.2. The molecule has 8 heteroatoms. The molecule has 0 aliphatic carbocycles. The number of aliphatic hydroxyl groups is 2. The zero-order valence-corrected chi connectivity index (χ0v) is 27.6. The van der Waals surface area contributed by atoms with Crippen LogP contribution in [0.3, 0.4) is 0 Å². The lowest BCUT2D eigenvalue weighted by Gasteiger charge is -2.22. The number of rotatable bonds is 30. The minimum atomic E-state index is -1.67. The molecule has 0 aliphatic heterocycles. The van der Waals surface area contributed by atoms with Crippen molar-refractivity contribution in [2.45, 2.75) is 172 Å². The average molecular weight is 609 g/mol. The van der Waals surface area contributed by atoms with Gasteiger partial charge in [-0.3, -0.25) is 0 Å². The van der Waals surface area contributed by atoms with Gasteiger partial charge < -0.3 is 20.4 Å². The maximum atomic E-state index is 11.6. The van der Waals surface area contributed by atoms with Crippen molar-refractivity contribution < 1.29 is 30.0 Å². The second kappa shape index (κ2) is 33.1. The Morgan fingerprint density at radius 3 is 0.925 bits per heavy atom. The van der Waals surface area contributed by atoms with Gasteiger partial charge in [-0.2, -0.15) is 0 Å². The molecule has 0 spiro atoms. The highest BCUT2D eigenvalue weighted by Crippen LogP contribution is 2.36. The zero-order valence-electron chi connectivity index (χ0n) is 26.0. The van der Waals surface area contributed by atoms with E-state index in [1.165, 1.54) is 152 Å². The first-order chi connectivity index (χ1) is 19.3. The topological polar surface area (TPSA) is 115 Å². The number of thioether (sulfide) groups is 2. The summed E-state index contributed by atoms with van der Waals surface area (Å²) in [6.07, 6.45) is 31.2. The van der Waals surface area contributed by atoms with Crippen molar-refractivity contribution in [3.63, 3.8) is 0 Å². The number of aliphatic carboxylic acids is 2. The molecule has 0 aromatic rings. The summed E-state index contributed by atoms with van der Waals surface area (Å²) in [5, 5.41) is 35.1. The van der Waals surface area contributed by atoms with E-state index in [1.54, 1.807) is 0 Å². The van der Waals surface area contributed by atoms with E-state index in [4.69, 9.17) is 15.0 Å². The van der Waals surface area contributed by atoms with Gasteiger partial charge >= 0.3 is 11.9 Å². The monoisotopic (exact) mass is 608 g/mol. The summed E-state index contributed by atoms with van der Waals surface area (Å²) in [5.74, 6) is -0.826. The SMILES string of the molecule is CCCCCCCCCCCCCCSC(O)(SCCCCCCCCCCCCCC)C(=O)O.O=C(O)CO. The van der Waals surface area contributed by atoms with Crippen molar-refractivity contribution in [2.24, 2.45) is 0 Å². The second-order valence-corrected chi connectivity index (χ2v) is 13.7. The van der Waals surface area contributed by atoms with Crippen LogP contribution in [0.25, 0.3) is 0 Å². The highest BCUT2D eigenvalue weighted by Gasteiger charge is 2.36. The lowest BCUT2D eigenvalue weighted by atomic mass is 10.1. The van der Waals surface area contributed by atoms with Gasteiger partial charge in [0.15, 0.2) is 0 Å². The summed E-state index contributed by atoms with van der Waals surface area (Å²) >= 11 is 2.43. The Morgan fingerprint density at radius 2 is 0.725 bits per heavy atom. The molecule has 6 nitrogen and oxygen atoms in total. The van der Waals surface area contributed by atoms with E-state index < -0.39 is 22.8 Å². The molecule has 0 saturated heterocycles. The van der Waals surface area contributed by atoms with Gasteiger partial charge in [0, 0.05) is 0 Å². The van der Waals surface area contributed by atoms with Gasteiger partial charge in [-0.1, -0.05) is 155 Å². The fraction of sp³-hybridized carbons (Fsp3) is 0.938. The Hall–Kier alpha value is -0.440. The van der Waals surface area contributed by atoms with Crippen LogP contribution in [0.5, 0.6) is 0 Å². The van der Waals surface area contributed by atoms with Crippen LogP contribution in [0.1, 0.15) is 168 Å². The predicted octanol–water partition coefficient (Wildman–Crippen LogP) is 9.65. The third-order valence-corrected chi connectivity index (χ3v) is 9.82. The molecule has 40 heavy (non-hydrogen) atoms. The smallest absolute Gasteiger partial charge is 0.357 e. The molecule has 0 aliphatic rings. The van der Waals surface area contributed by atoms with Crippen molar-refractivity contribution in [2.75, 3.05) is 18.1 Å².